The van der Waals surface area contributed by atoms with Crippen LogP contribution in [0.25, 0.3) is 0 Å². The minimum absolute atomic E-state index is 0.000495. The van der Waals surface area contributed by atoms with Crippen molar-refractivity contribution in [3.63, 3.8) is 0 Å². The molecular formula is C27H33FN2O3. The molecule has 0 aromatic heterocycles. The van der Waals surface area contributed by atoms with Crippen LogP contribution in [0.15, 0.2) is 54.6 Å². The van der Waals surface area contributed by atoms with Crippen molar-refractivity contribution in [1.29, 1.82) is 0 Å². The van der Waals surface area contributed by atoms with Crippen molar-refractivity contribution in [1.82, 2.24) is 9.80 Å². The smallest absolute Gasteiger partial charge is 0.226 e. The zero-order chi connectivity index (χ0) is 23.1. The van der Waals surface area contributed by atoms with E-state index in [0.717, 1.165) is 31.7 Å². The third-order valence-electron chi connectivity index (χ3n) is 6.94. The van der Waals surface area contributed by atoms with Crippen LogP contribution in [-0.4, -0.2) is 54.4 Å². The number of piperidine rings is 2. The number of nitrogens with zero attached hydrogens (tertiary/aromatic N) is 2. The molecule has 5 nitrogen and oxygen atoms in total. The van der Waals surface area contributed by atoms with Crippen LogP contribution in [0.1, 0.15) is 44.1 Å². The molecule has 176 valence electrons. The van der Waals surface area contributed by atoms with Crippen LogP contribution in [0.4, 0.5) is 4.39 Å². The summed E-state index contributed by atoms with van der Waals surface area (Å²) in [5.41, 5.74) is 0.393. The molecule has 0 spiro atoms. The molecule has 2 saturated heterocycles. The fourth-order valence-corrected chi connectivity index (χ4v) is 4.87. The van der Waals surface area contributed by atoms with Crippen molar-refractivity contribution >= 4 is 11.8 Å². The maximum Gasteiger partial charge on any atom is 0.226 e. The molecular weight excluding hydrogens is 419 g/mol. The average Bonchev–Trinajstić information content (AvgIpc) is 2.84. The molecule has 33 heavy (non-hydrogen) atoms. The van der Waals surface area contributed by atoms with Gasteiger partial charge in [-0.1, -0.05) is 30.3 Å². The number of rotatable bonds is 7. The highest BCUT2D eigenvalue weighted by molar-refractivity contribution is 5.79. The maximum atomic E-state index is 13.5. The maximum absolute atomic E-state index is 13.5. The first-order chi connectivity index (χ1) is 16.0. The van der Waals surface area contributed by atoms with Gasteiger partial charge >= 0.3 is 0 Å². The second-order valence-electron chi connectivity index (χ2n) is 9.41. The molecule has 2 fully saturated rings. The van der Waals surface area contributed by atoms with Gasteiger partial charge in [0.15, 0.2) is 0 Å². The summed E-state index contributed by atoms with van der Waals surface area (Å²) >= 11 is 0. The number of hydrogen-bond donors (Lipinski definition) is 0. The van der Waals surface area contributed by atoms with Crippen LogP contribution in [0.2, 0.25) is 0 Å². The van der Waals surface area contributed by atoms with Crippen molar-refractivity contribution in [2.75, 3.05) is 32.8 Å². The quantitative estimate of drug-likeness (QED) is 0.623. The van der Waals surface area contributed by atoms with Gasteiger partial charge in [0.2, 0.25) is 11.8 Å². The fourth-order valence-electron chi connectivity index (χ4n) is 4.87. The second kappa shape index (κ2) is 10.8. The lowest BCUT2D eigenvalue weighted by molar-refractivity contribution is -0.138. The molecule has 0 bridgehead atoms. The van der Waals surface area contributed by atoms with Crippen molar-refractivity contribution in [2.45, 2.75) is 44.9 Å². The zero-order valence-corrected chi connectivity index (χ0v) is 19.2. The summed E-state index contributed by atoms with van der Waals surface area (Å²) in [5, 5.41) is 0. The van der Waals surface area contributed by atoms with Crippen LogP contribution in [0.3, 0.4) is 0 Å². The van der Waals surface area contributed by atoms with Gasteiger partial charge in [0.05, 0.1) is 13.0 Å². The number of carbonyl (C=O) groups is 2. The monoisotopic (exact) mass is 452 g/mol. The summed E-state index contributed by atoms with van der Waals surface area (Å²) in [6.45, 7) is 3.31. The van der Waals surface area contributed by atoms with E-state index in [4.69, 9.17) is 4.74 Å². The standard InChI is InChI=1S/C27H33FN2O3/c28-23-9-7-8-22(18-23)19-25(31)30-16-12-27(13-17-30,21-33-24-10-3-1-4-11-24)20-26(32)29-14-5-2-6-15-29/h1,3-4,7-11,18H,2,5-6,12-17,19-21H2. The Kier molecular flexibility index (Phi) is 7.63. The van der Waals surface area contributed by atoms with Crippen LogP contribution < -0.4 is 4.74 Å². The minimum atomic E-state index is -0.327. The molecule has 0 radical (unpaired) electrons. The van der Waals surface area contributed by atoms with Crippen molar-refractivity contribution in [3.05, 3.63) is 66.0 Å². The van der Waals surface area contributed by atoms with Crippen molar-refractivity contribution < 1.29 is 18.7 Å². The number of halogens is 1. The molecule has 0 unspecified atom stereocenters. The molecule has 0 aliphatic carbocycles. The summed E-state index contributed by atoms with van der Waals surface area (Å²) in [6.07, 6.45) is 5.41. The van der Waals surface area contributed by atoms with E-state index in [1.54, 1.807) is 12.1 Å². The lowest BCUT2D eigenvalue weighted by Crippen LogP contribution is -2.48. The Hall–Kier alpha value is -2.89. The largest absolute Gasteiger partial charge is 0.493 e. The van der Waals surface area contributed by atoms with Crippen LogP contribution in [0.5, 0.6) is 5.75 Å². The van der Waals surface area contributed by atoms with E-state index in [0.29, 0.717) is 44.5 Å². The van der Waals surface area contributed by atoms with E-state index < -0.39 is 0 Å². The predicted molar refractivity (Wildman–Crippen MR) is 125 cm³/mol. The molecule has 6 heteroatoms. The zero-order valence-electron chi connectivity index (χ0n) is 19.2. The highest BCUT2D eigenvalue weighted by Gasteiger charge is 2.39. The molecule has 2 aromatic rings. The van der Waals surface area contributed by atoms with Gasteiger partial charge in [-0.3, -0.25) is 9.59 Å². The SMILES string of the molecule is O=C(Cc1cccc(F)c1)N1CCC(COc2ccccc2)(CC(=O)N2CCCCC2)CC1. The molecule has 0 atom stereocenters. The number of ether oxygens (including phenoxy) is 1. The van der Waals surface area contributed by atoms with Gasteiger partial charge in [-0.2, -0.15) is 0 Å². The second-order valence-corrected chi connectivity index (χ2v) is 9.41. The lowest BCUT2D eigenvalue weighted by Gasteiger charge is -2.42. The van der Waals surface area contributed by atoms with Gasteiger partial charge in [0, 0.05) is 38.0 Å². The normalized spacial score (nSPS) is 18.1. The summed E-state index contributed by atoms with van der Waals surface area (Å²) in [5.74, 6) is 0.672. The molecule has 2 amide bonds. The van der Waals surface area contributed by atoms with Crippen molar-refractivity contribution in [2.24, 2.45) is 5.41 Å². The molecule has 4 rings (SSSR count). The summed E-state index contributed by atoms with van der Waals surface area (Å²) in [6, 6.07) is 15.9. The first-order valence-electron chi connectivity index (χ1n) is 12.0. The van der Waals surface area contributed by atoms with E-state index in [1.165, 1.54) is 18.6 Å². The summed E-state index contributed by atoms with van der Waals surface area (Å²) in [7, 11) is 0. The minimum Gasteiger partial charge on any atom is -0.493 e. The number of para-hydroxylation sites is 1. The van der Waals surface area contributed by atoms with Crippen LogP contribution >= 0.6 is 0 Å². The van der Waals surface area contributed by atoms with E-state index >= 15 is 0 Å². The van der Waals surface area contributed by atoms with Gasteiger partial charge in [0.1, 0.15) is 11.6 Å². The number of carbonyl (C=O) groups excluding carboxylic acids is 2. The topological polar surface area (TPSA) is 49.9 Å². The summed E-state index contributed by atoms with van der Waals surface area (Å²) < 4.78 is 19.6. The third kappa shape index (κ3) is 6.34. The highest BCUT2D eigenvalue weighted by atomic mass is 19.1. The predicted octanol–water partition coefficient (Wildman–Crippen LogP) is 4.46. The van der Waals surface area contributed by atoms with E-state index in [1.807, 2.05) is 40.1 Å². The Bertz CT molecular complexity index is 935. The van der Waals surface area contributed by atoms with Crippen LogP contribution in [-0.2, 0) is 16.0 Å². The molecule has 2 aliphatic heterocycles. The molecule has 2 aromatic carbocycles. The average molecular weight is 453 g/mol. The Morgan fingerprint density at radius 3 is 2.24 bits per heavy atom. The van der Waals surface area contributed by atoms with Crippen LogP contribution in [0, 0.1) is 11.2 Å². The fraction of sp³-hybridized carbons (Fsp3) is 0.481. The number of amides is 2. The Morgan fingerprint density at radius 1 is 0.848 bits per heavy atom. The van der Waals surface area contributed by atoms with Gasteiger partial charge in [-0.25, -0.2) is 4.39 Å². The van der Waals surface area contributed by atoms with E-state index in [9.17, 15) is 14.0 Å². The Morgan fingerprint density at radius 2 is 1.55 bits per heavy atom. The van der Waals surface area contributed by atoms with Gasteiger partial charge < -0.3 is 14.5 Å². The number of likely N-dealkylation sites (tertiary alicyclic amines) is 2. The van der Waals surface area contributed by atoms with E-state index in [-0.39, 0.29) is 29.5 Å². The molecule has 2 heterocycles. The molecule has 2 aliphatic rings. The number of hydrogen-bond acceptors (Lipinski definition) is 3. The Balaban J connectivity index is 1.40. The van der Waals surface area contributed by atoms with Crippen molar-refractivity contribution in [3.8, 4) is 5.75 Å². The number of benzene rings is 2. The summed E-state index contributed by atoms with van der Waals surface area (Å²) in [4.78, 5) is 29.8. The first-order valence-corrected chi connectivity index (χ1v) is 12.0. The van der Waals surface area contributed by atoms with Gasteiger partial charge in [0.25, 0.3) is 0 Å². The van der Waals surface area contributed by atoms with Gasteiger partial charge in [-0.05, 0) is 61.9 Å². The Labute approximate surface area is 195 Å². The van der Waals surface area contributed by atoms with E-state index in [2.05, 4.69) is 0 Å². The first kappa shape index (κ1) is 23.3. The highest BCUT2D eigenvalue weighted by Crippen LogP contribution is 2.37. The molecule has 0 saturated carbocycles. The lowest BCUT2D eigenvalue weighted by atomic mass is 9.75. The van der Waals surface area contributed by atoms with Gasteiger partial charge in [-0.15, -0.1) is 0 Å². The molecule has 0 N–H and O–H groups in total. The third-order valence-corrected chi connectivity index (χ3v) is 6.94.